The van der Waals surface area contributed by atoms with Gasteiger partial charge in [-0.15, -0.1) is 0 Å². The summed E-state index contributed by atoms with van der Waals surface area (Å²) >= 11 is 0. The molecular formula is C13H24N4O3S. The minimum atomic E-state index is -3.47. The molecule has 1 N–H and O–H groups in total. The predicted molar refractivity (Wildman–Crippen MR) is 79.4 cm³/mol. The predicted octanol–water partition coefficient (Wildman–Crippen LogP) is -0.0198. The fourth-order valence-corrected chi connectivity index (χ4v) is 3.98. The fourth-order valence-electron chi connectivity index (χ4n) is 2.56. The second-order valence-corrected chi connectivity index (χ2v) is 7.36. The van der Waals surface area contributed by atoms with Gasteiger partial charge >= 0.3 is 0 Å². The maximum Gasteiger partial charge on any atom is 0.246 e. The minimum Gasteiger partial charge on any atom is -0.396 e. The summed E-state index contributed by atoms with van der Waals surface area (Å²) in [5, 5.41) is 12.9. The van der Waals surface area contributed by atoms with E-state index in [0.717, 1.165) is 13.0 Å². The van der Waals surface area contributed by atoms with E-state index in [1.807, 2.05) is 7.05 Å². The first-order chi connectivity index (χ1) is 9.98. The molecule has 2 heterocycles. The Kier molecular flexibility index (Phi) is 5.37. The van der Waals surface area contributed by atoms with Gasteiger partial charge in [0.15, 0.2) is 0 Å². The zero-order chi connectivity index (χ0) is 15.5. The Bertz CT molecular complexity index is 558. The highest BCUT2D eigenvalue weighted by atomic mass is 32.2. The van der Waals surface area contributed by atoms with Crippen molar-refractivity contribution in [1.82, 2.24) is 19.0 Å². The van der Waals surface area contributed by atoms with Crippen LogP contribution in [0.1, 0.15) is 19.8 Å². The third-order valence-electron chi connectivity index (χ3n) is 4.00. The first-order valence-corrected chi connectivity index (χ1v) is 8.76. The van der Waals surface area contributed by atoms with E-state index in [9.17, 15) is 8.42 Å². The van der Waals surface area contributed by atoms with E-state index in [1.165, 1.54) is 6.20 Å². The van der Waals surface area contributed by atoms with Gasteiger partial charge in [0.1, 0.15) is 4.90 Å². The first kappa shape index (κ1) is 16.4. The molecular weight excluding hydrogens is 292 g/mol. The highest BCUT2D eigenvalue weighted by Crippen LogP contribution is 2.20. The molecule has 1 unspecified atom stereocenters. The number of piperazine rings is 1. The minimum absolute atomic E-state index is 0.0680. The van der Waals surface area contributed by atoms with E-state index >= 15 is 0 Å². The monoisotopic (exact) mass is 316 g/mol. The van der Waals surface area contributed by atoms with Crippen molar-refractivity contribution in [3.63, 3.8) is 0 Å². The summed E-state index contributed by atoms with van der Waals surface area (Å²) in [4.78, 5) is 2.44. The van der Waals surface area contributed by atoms with E-state index in [2.05, 4.69) is 16.9 Å². The van der Waals surface area contributed by atoms with Crippen molar-refractivity contribution in [2.24, 2.45) is 0 Å². The van der Waals surface area contributed by atoms with Gasteiger partial charge in [-0.25, -0.2) is 8.42 Å². The molecule has 0 bridgehead atoms. The van der Waals surface area contributed by atoms with Gasteiger partial charge in [-0.05, 0) is 19.9 Å². The van der Waals surface area contributed by atoms with Gasteiger partial charge in [-0.2, -0.15) is 9.40 Å². The van der Waals surface area contributed by atoms with Crippen molar-refractivity contribution in [3.05, 3.63) is 12.4 Å². The molecule has 1 atom stereocenters. The van der Waals surface area contributed by atoms with Crippen LogP contribution in [0.4, 0.5) is 0 Å². The van der Waals surface area contributed by atoms with Crippen molar-refractivity contribution in [2.45, 2.75) is 37.2 Å². The van der Waals surface area contributed by atoms with Crippen LogP contribution >= 0.6 is 0 Å². The lowest BCUT2D eigenvalue weighted by molar-refractivity contribution is 0.144. The van der Waals surface area contributed by atoms with Gasteiger partial charge in [0.2, 0.25) is 10.0 Å². The molecule has 0 radical (unpaired) electrons. The van der Waals surface area contributed by atoms with Crippen LogP contribution in [0.5, 0.6) is 0 Å². The van der Waals surface area contributed by atoms with E-state index in [1.54, 1.807) is 15.2 Å². The van der Waals surface area contributed by atoms with Crippen molar-refractivity contribution in [2.75, 3.05) is 33.3 Å². The number of nitrogens with zero attached hydrogens (tertiary/aromatic N) is 4. The Hall–Kier alpha value is -0.960. The van der Waals surface area contributed by atoms with Crippen molar-refractivity contribution in [1.29, 1.82) is 0 Å². The van der Waals surface area contributed by atoms with Gasteiger partial charge in [0, 0.05) is 45.0 Å². The number of aromatic nitrogens is 2. The first-order valence-electron chi connectivity index (χ1n) is 7.32. The molecule has 0 amide bonds. The lowest BCUT2D eigenvalue weighted by Crippen LogP contribution is -2.52. The Labute approximate surface area is 126 Å². The van der Waals surface area contributed by atoms with Crippen LogP contribution in [-0.4, -0.2) is 71.8 Å². The zero-order valence-corrected chi connectivity index (χ0v) is 13.5. The summed E-state index contributed by atoms with van der Waals surface area (Å²) in [6.07, 6.45) is 4.43. The van der Waals surface area contributed by atoms with Crippen LogP contribution in [0.15, 0.2) is 17.3 Å². The second kappa shape index (κ2) is 6.87. The third-order valence-corrected chi connectivity index (χ3v) is 5.82. The van der Waals surface area contributed by atoms with Gasteiger partial charge in [0.25, 0.3) is 0 Å². The molecule has 1 saturated heterocycles. The third kappa shape index (κ3) is 3.63. The van der Waals surface area contributed by atoms with Crippen LogP contribution in [-0.2, 0) is 16.6 Å². The van der Waals surface area contributed by atoms with Gasteiger partial charge in [-0.3, -0.25) is 4.68 Å². The zero-order valence-electron chi connectivity index (χ0n) is 12.6. The van der Waals surface area contributed by atoms with Gasteiger partial charge < -0.3 is 10.0 Å². The van der Waals surface area contributed by atoms with Crippen LogP contribution in [0.25, 0.3) is 0 Å². The topological polar surface area (TPSA) is 78.7 Å². The molecule has 7 nitrogen and oxygen atoms in total. The van der Waals surface area contributed by atoms with Crippen molar-refractivity contribution < 1.29 is 13.5 Å². The highest BCUT2D eigenvalue weighted by Gasteiger charge is 2.32. The largest absolute Gasteiger partial charge is 0.396 e. The molecule has 1 aromatic heterocycles. The Balaban J connectivity index is 2.12. The van der Waals surface area contributed by atoms with E-state index in [4.69, 9.17) is 5.11 Å². The van der Waals surface area contributed by atoms with Crippen LogP contribution in [0.2, 0.25) is 0 Å². The maximum absolute atomic E-state index is 12.6. The van der Waals surface area contributed by atoms with Crippen LogP contribution in [0.3, 0.4) is 0 Å². The summed E-state index contributed by atoms with van der Waals surface area (Å²) in [5.41, 5.74) is 0. The SMILES string of the molecule is CCC1CN(S(=O)(=O)c2cnn(CCCO)c2)CCN1C. The number of aliphatic hydroxyl groups excluding tert-OH is 1. The summed E-state index contributed by atoms with van der Waals surface area (Å²) in [5.74, 6) is 0. The molecule has 1 aliphatic heterocycles. The summed E-state index contributed by atoms with van der Waals surface area (Å²) in [6, 6.07) is 0.262. The molecule has 0 spiro atoms. The lowest BCUT2D eigenvalue weighted by atomic mass is 10.1. The molecule has 120 valence electrons. The summed E-state index contributed by atoms with van der Waals surface area (Å²) in [6.45, 7) is 4.44. The van der Waals surface area contributed by atoms with Crippen LogP contribution < -0.4 is 0 Å². The quantitative estimate of drug-likeness (QED) is 0.798. The normalized spacial score (nSPS) is 21.8. The smallest absolute Gasteiger partial charge is 0.246 e. The number of likely N-dealkylation sites (N-methyl/N-ethyl adjacent to an activating group) is 1. The molecule has 0 aromatic carbocycles. The number of aryl methyl sites for hydroxylation is 1. The average Bonchev–Trinajstić information content (AvgIpc) is 2.95. The maximum atomic E-state index is 12.6. The Morgan fingerprint density at radius 1 is 1.43 bits per heavy atom. The van der Waals surface area contributed by atoms with Crippen molar-refractivity contribution in [3.8, 4) is 0 Å². The summed E-state index contributed by atoms with van der Waals surface area (Å²) in [7, 11) is -1.44. The summed E-state index contributed by atoms with van der Waals surface area (Å²) < 4.78 is 28.4. The lowest BCUT2D eigenvalue weighted by Gasteiger charge is -2.38. The van der Waals surface area contributed by atoms with E-state index in [-0.39, 0.29) is 17.5 Å². The van der Waals surface area contributed by atoms with Crippen LogP contribution in [0, 0.1) is 0 Å². The van der Waals surface area contributed by atoms with Gasteiger partial charge in [-0.1, -0.05) is 6.92 Å². The number of rotatable bonds is 6. The number of aliphatic hydroxyl groups is 1. The molecule has 0 aliphatic carbocycles. The standard InChI is InChI=1S/C13H24N4O3S/c1-3-12-10-17(7-6-15(12)2)21(19,20)13-9-14-16(11-13)5-4-8-18/h9,11-12,18H,3-8,10H2,1-2H3. The van der Waals surface area contributed by atoms with Crippen molar-refractivity contribution >= 4 is 10.0 Å². The Morgan fingerprint density at radius 3 is 2.86 bits per heavy atom. The Morgan fingerprint density at radius 2 is 2.19 bits per heavy atom. The highest BCUT2D eigenvalue weighted by molar-refractivity contribution is 7.89. The van der Waals surface area contributed by atoms with E-state index < -0.39 is 10.0 Å². The molecule has 1 aliphatic rings. The molecule has 1 aromatic rings. The molecule has 2 rings (SSSR count). The number of hydrogen-bond acceptors (Lipinski definition) is 5. The molecule has 8 heteroatoms. The average molecular weight is 316 g/mol. The number of hydrogen-bond donors (Lipinski definition) is 1. The number of sulfonamides is 1. The fraction of sp³-hybridized carbons (Fsp3) is 0.769. The molecule has 21 heavy (non-hydrogen) atoms. The van der Waals surface area contributed by atoms with Gasteiger partial charge in [0.05, 0.1) is 6.20 Å². The molecule has 0 saturated carbocycles. The second-order valence-electron chi connectivity index (χ2n) is 5.42. The molecule has 1 fully saturated rings. The van der Waals surface area contributed by atoms with E-state index in [0.29, 0.717) is 26.1 Å².